The molecule has 108 valence electrons. The van der Waals surface area contributed by atoms with E-state index in [0.717, 1.165) is 27.6 Å². The molecule has 1 atom stereocenters. The van der Waals surface area contributed by atoms with Crippen molar-refractivity contribution >= 4 is 22.7 Å². The SMILES string of the molecule is CNC(Cc1nc2ccccc2o1)c1ccc(Cl)c(C)c1. The highest BCUT2D eigenvalue weighted by atomic mass is 35.5. The van der Waals surface area contributed by atoms with Gasteiger partial charge in [0.2, 0.25) is 0 Å². The van der Waals surface area contributed by atoms with Crippen molar-refractivity contribution in [2.24, 2.45) is 0 Å². The van der Waals surface area contributed by atoms with Gasteiger partial charge in [-0.15, -0.1) is 0 Å². The number of para-hydroxylation sites is 2. The predicted octanol–water partition coefficient (Wildman–Crippen LogP) is 4.29. The third-order valence-corrected chi connectivity index (χ3v) is 4.07. The third kappa shape index (κ3) is 2.94. The van der Waals surface area contributed by atoms with Gasteiger partial charge in [-0.05, 0) is 43.3 Å². The smallest absolute Gasteiger partial charge is 0.197 e. The van der Waals surface area contributed by atoms with Crippen molar-refractivity contribution in [3.8, 4) is 0 Å². The maximum absolute atomic E-state index is 6.09. The van der Waals surface area contributed by atoms with Crippen molar-refractivity contribution in [1.82, 2.24) is 10.3 Å². The molecule has 0 saturated carbocycles. The van der Waals surface area contributed by atoms with Gasteiger partial charge < -0.3 is 9.73 Å². The topological polar surface area (TPSA) is 38.1 Å². The van der Waals surface area contributed by atoms with E-state index in [0.29, 0.717) is 6.42 Å². The first-order valence-electron chi connectivity index (χ1n) is 6.95. The first-order valence-corrected chi connectivity index (χ1v) is 7.33. The highest BCUT2D eigenvalue weighted by molar-refractivity contribution is 6.31. The first-order chi connectivity index (χ1) is 10.2. The van der Waals surface area contributed by atoms with E-state index in [1.54, 1.807) is 0 Å². The summed E-state index contributed by atoms with van der Waals surface area (Å²) in [6.45, 7) is 2.01. The summed E-state index contributed by atoms with van der Waals surface area (Å²) in [5.41, 5.74) is 3.98. The number of nitrogens with one attached hydrogen (secondary N) is 1. The van der Waals surface area contributed by atoms with Crippen molar-refractivity contribution in [2.45, 2.75) is 19.4 Å². The largest absolute Gasteiger partial charge is 0.441 e. The van der Waals surface area contributed by atoms with Crippen LogP contribution in [0.3, 0.4) is 0 Å². The van der Waals surface area contributed by atoms with E-state index in [1.807, 2.05) is 50.4 Å². The summed E-state index contributed by atoms with van der Waals surface area (Å²) >= 11 is 6.09. The Morgan fingerprint density at radius 3 is 2.76 bits per heavy atom. The van der Waals surface area contributed by atoms with Gasteiger partial charge in [-0.25, -0.2) is 4.98 Å². The Morgan fingerprint density at radius 1 is 1.24 bits per heavy atom. The minimum absolute atomic E-state index is 0.147. The number of nitrogens with zero attached hydrogens (tertiary/aromatic N) is 1. The highest BCUT2D eigenvalue weighted by Crippen LogP contribution is 2.24. The van der Waals surface area contributed by atoms with Gasteiger partial charge in [0.25, 0.3) is 0 Å². The predicted molar refractivity (Wildman–Crippen MR) is 85.7 cm³/mol. The zero-order valence-electron chi connectivity index (χ0n) is 12.1. The molecule has 3 aromatic rings. The van der Waals surface area contributed by atoms with Gasteiger partial charge in [-0.2, -0.15) is 0 Å². The van der Waals surface area contributed by atoms with Gasteiger partial charge in [0.1, 0.15) is 5.52 Å². The number of fused-ring (bicyclic) bond motifs is 1. The fraction of sp³-hybridized carbons (Fsp3) is 0.235. The summed E-state index contributed by atoms with van der Waals surface area (Å²) in [6.07, 6.45) is 0.701. The summed E-state index contributed by atoms with van der Waals surface area (Å²) in [4.78, 5) is 4.53. The molecule has 0 spiro atoms. The van der Waals surface area contributed by atoms with Crippen LogP contribution in [-0.4, -0.2) is 12.0 Å². The molecule has 0 aliphatic carbocycles. The van der Waals surface area contributed by atoms with Crippen LogP contribution in [0, 0.1) is 6.92 Å². The lowest BCUT2D eigenvalue weighted by Crippen LogP contribution is -2.19. The average molecular weight is 301 g/mol. The van der Waals surface area contributed by atoms with Crippen LogP contribution in [0.5, 0.6) is 0 Å². The van der Waals surface area contributed by atoms with E-state index >= 15 is 0 Å². The Labute approximate surface area is 128 Å². The van der Waals surface area contributed by atoms with Crippen LogP contribution < -0.4 is 5.32 Å². The summed E-state index contributed by atoms with van der Waals surface area (Å²) < 4.78 is 5.80. The second-order valence-electron chi connectivity index (χ2n) is 5.13. The van der Waals surface area contributed by atoms with Crippen LogP contribution in [0.4, 0.5) is 0 Å². The van der Waals surface area contributed by atoms with Crippen molar-refractivity contribution in [2.75, 3.05) is 7.05 Å². The van der Waals surface area contributed by atoms with Gasteiger partial charge in [0, 0.05) is 17.5 Å². The van der Waals surface area contributed by atoms with Gasteiger partial charge in [-0.3, -0.25) is 0 Å². The molecule has 0 amide bonds. The fourth-order valence-electron chi connectivity index (χ4n) is 2.45. The Balaban J connectivity index is 1.88. The Hall–Kier alpha value is -1.84. The number of rotatable bonds is 4. The van der Waals surface area contributed by atoms with Gasteiger partial charge in [-0.1, -0.05) is 35.9 Å². The van der Waals surface area contributed by atoms with Gasteiger partial charge >= 0.3 is 0 Å². The van der Waals surface area contributed by atoms with Crippen LogP contribution >= 0.6 is 11.6 Å². The lowest BCUT2D eigenvalue weighted by atomic mass is 10.0. The van der Waals surface area contributed by atoms with Gasteiger partial charge in [0.15, 0.2) is 11.5 Å². The molecule has 1 unspecified atom stereocenters. The molecule has 0 saturated heterocycles. The van der Waals surface area contributed by atoms with Crippen LogP contribution in [0.2, 0.25) is 5.02 Å². The number of aryl methyl sites for hydroxylation is 1. The van der Waals surface area contributed by atoms with E-state index in [2.05, 4.69) is 16.4 Å². The molecule has 1 N–H and O–H groups in total. The minimum atomic E-state index is 0.147. The molecule has 3 nitrogen and oxygen atoms in total. The van der Waals surface area contributed by atoms with Crippen molar-refractivity contribution in [3.05, 3.63) is 64.5 Å². The van der Waals surface area contributed by atoms with E-state index < -0.39 is 0 Å². The summed E-state index contributed by atoms with van der Waals surface area (Å²) in [6, 6.07) is 14.0. The molecule has 3 rings (SSSR count). The quantitative estimate of drug-likeness (QED) is 0.781. The Bertz CT molecular complexity index is 733. The standard InChI is InChI=1S/C17H17ClN2O/c1-11-9-12(7-8-13(11)18)15(19-2)10-17-20-14-5-3-4-6-16(14)21-17/h3-9,15,19H,10H2,1-2H3. The summed E-state index contributed by atoms with van der Waals surface area (Å²) in [5.74, 6) is 0.739. The molecule has 4 heteroatoms. The number of oxazole rings is 1. The Morgan fingerprint density at radius 2 is 2.05 bits per heavy atom. The highest BCUT2D eigenvalue weighted by Gasteiger charge is 2.15. The Kier molecular flexibility index (Phi) is 3.95. The molecular formula is C17H17ClN2O. The number of likely N-dealkylation sites (N-methyl/N-ethyl adjacent to an activating group) is 1. The van der Waals surface area contributed by atoms with Crippen LogP contribution in [-0.2, 0) is 6.42 Å². The number of hydrogen-bond acceptors (Lipinski definition) is 3. The maximum Gasteiger partial charge on any atom is 0.197 e. The van der Waals surface area contributed by atoms with Crippen LogP contribution in [0.1, 0.15) is 23.1 Å². The van der Waals surface area contributed by atoms with E-state index in [4.69, 9.17) is 16.0 Å². The van der Waals surface area contributed by atoms with Crippen molar-refractivity contribution in [1.29, 1.82) is 0 Å². The molecule has 0 aliphatic rings. The molecule has 1 heterocycles. The molecule has 0 aliphatic heterocycles. The van der Waals surface area contributed by atoms with Crippen molar-refractivity contribution in [3.63, 3.8) is 0 Å². The molecule has 2 aromatic carbocycles. The molecule has 1 aromatic heterocycles. The number of halogens is 1. The number of hydrogen-bond donors (Lipinski definition) is 1. The zero-order valence-corrected chi connectivity index (χ0v) is 12.8. The monoisotopic (exact) mass is 300 g/mol. The number of benzene rings is 2. The lowest BCUT2D eigenvalue weighted by Gasteiger charge is -2.15. The normalized spacial score (nSPS) is 12.7. The molecule has 0 bridgehead atoms. The first kappa shape index (κ1) is 14.1. The lowest BCUT2D eigenvalue weighted by molar-refractivity contribution is 0.473. The minimum Gasteiger partial charge on any atom is -0.441 e. The van der Waals surface area contributed by atoms with E-state index in [-0.39, 0.29) is 6.04 Å². The summed E-state index contributed by atoms with van der Waals surface area (Å²) in [7, 11) is 1.94. The van der Waals surface area contributed by atoms with Crippen LogP contribution in [0.25, 0.3) is 11.1 Å². The van der Waals surface area contributed by atoms with E-state index in [9.17, 15) is 0 Å². The molecule has 0 radical (unpaired) electrons. The third-order valence-electron chi connectivity index (χ3n) is 3.65. The molecule has 0 fully saturated rings. The summed E-state index contributed by atoms with van der Waals surface area (Å²) in [5, 5.41) is 4.10. The average Bonchev–Trinajstić information content (AvgIpc) is 2.90. The van der Waals surface area contributed by atoms with E-state index in [1.165, 1.54) is 5.56 Å². The number of aromatic nitrogens is 1. The second kappa shape index (κ2) is 5.88. The van der Waals surface area contributed by atoms with Crippen molar-refractivity contribution < 1.29 is 4.42 Å². The fourth-order valence-corrected chi connectivity index (χ4v) is 2.57. The van der Waals surface area contributed by atoms with Crippen LogP contribution in [0.15, 0.2) is 46.9 Å². The zero-order chi connectivity index (χ0) is 14.8. The molecular weight excluding hydrogens is 284 g/mol. The second-order valence-corrected chi connectivity index (χ2v) is 5.54. The molecule has 21 heavy (non-hydrogen) atoms. The van der Waals surface area contributed by atoms with Gasteiger partial charge in [0.05, 0.1) is 0 Å². The maximum atomic E-state index is 6.09.